The van der Waals surface area contributed by atoms with Crippen LogP contribution < -0.4 is 5.73 Å². The smallest absolute Gasteiger partial charge is 0.00795 e. The monoisotopic (exact) mass is 247 g/mol. The fourth-order valence-electron chi connectivity index (χ4n) is 2.55. The quantitative estimate of drug-likeness (QED) is 0.671. The molecule has 0 amide bonds. The molecule has 1 atom stereocenters. The number of benzene rings is 1. The van der Waals surface area contributed by atoms with E-state index in [4.69, 9.17) is 5.73 Å². The molecule has 0 aliphatic rings. The third-order valence-electron chi connectivity index (χ3n) is 3.79. The van der Waals surface area contributed by atoms with E-state index in [0.29, 0.717) is 6.04 Å². The summed E-state index contributed by atoms with van der Waals surface area (Å²) in [6.07, 6.45) is 8.87. The molecule has 0 saturated heterocycles. The molecule has 0 bridgehead atoms. The number of aryl methyl sites for hydroxylation is 2. The minimum absolute atomic E-state index is 0.325. The van der Waals surface area contributed by atoms with Crippen LogP contribution >= 0.6 is 0 Å². The minimum atomic E-state index is 0.325. The van der Waals surface area contributed by atoms with E-state index >= 15 is 0 Å². The molecule has 1 heteroatoms. The second-order valence-corrected chi connectivity index (χ2v) is 5.54. The van der Waals surface area contributed by atoms with Crippen molar-refractivity contribution in [2.45, 2.75) is 71.8 Å². The summed E-state index contributed by atoms with van der Waals surface area (Å²) < 4.78 is 0. The predicted octanol–water partition coefficient (Wildman–Crippen LogP) is 4.53. The van der Waals surface area contributed by atoms with Crippen LogP contribution in [0.5, 0.6) is 0 Å². The van der Waals surface area contributed by atoms with Crippen molar-refractivity contribution in [3.63, 3.8) is 0 Å². The third kappa shape index (κ3) is 5.22. The highest BCUT2D eigenvalue weighted by Crippen LogP contribution is 2.17. The Bertz CT molecular complexity index is 323. The minimum Gasteiger partial charge on any atom is -0.327 e. The van der Waals surface area contributed by atoms with Gasteiger partial charge in [-0.2, -0.15) is 0 Å². The average Bonchev–Trinajstić information content (AvgIpc) is 2.34. The standard InChI is InChI=1S/C17H29N/c1-4-5-6-7-8-12-16(18)13-17-14(2)10-9-11-15(17)3/h9-11,16H,4-8,12-13,18H2,1-3H3. The molecule has 0 aliphatic heterocycles. The molecule has 1 rings (SSSR count). The van der Waals surface area contributed by atoms with Gasteiger partial charge in [0, 0.05) is 6.04 Å². The largest absolute Gasteiger partial charge is 0.327 e. The van der Waals surface area contributed by atoms with Crippen molar-refractivity contribution < 1.29 is 0 Å². The van der Waals surface area contributed by atoms with Crippen LogP contribution in [-0.2, 0) is 6.42 Å². The van der Waals surface area contributed by atoms with Gasteiger partial charge in [-0.3, -0.25) is 0 Å². The molecule has 0 heterocycles. The van der Waals surface area contributed by atoms with Crippen molar-refractivity contribution in [1.29, 1.82) is 0 Å². The molecule has 18 heavy (non-hydrogen) atoms. The van der Waals surface area contributed by atoms with E-state index in [2.05, 4.69) is 39.0 Å². The van der Waals surface area contributed by atoms with Crippen LogP contribution in [0.2, 0.25) is 0 Å². The Balaban J connectivity index is 2.33. The average molecular weight is 247 g/mol. The van der Waals surface area contributed by atoms with Crippen molar-refractivity contribution in [2.24, 2.45) is 5.73 Å². The molecule has 1 aromatic carbocycles. The van der Waals surface area contributed by atoms with Crippen LogP contribution in [-0.4, -0.2) is 6.04 Å². The van der Waals surface area contributed by atoms with Gasteiger partial charge < -0.3 is 5.73 Å². The van der Waals surface area contributed by atoms with Crippen LogP contribution in [0.4, 0.5) is 0 Å². The van der Waals surface area contributed by atoms with E-state index in [0.717, 1.165) is 12.8 Å². The molecular formula is C17H29N. The van der Waals surface area contributed by atoms with Gasteiger partial charge in [0.2, 0.25) is 0 Å². The maximum atomic E-state index is 6.26. The van der Waals surface area contributed by atoms with Gasteiger partial charge in [0.1, 0.15) is 0 Å². The van der Waals surface area contributed by atoms with Crippen LogP contribution in [0.15, 0.2) is 18.2 Å². The molecule has 0 aromatic heterocycles. The lowest BCUT2D eigenvalue weighted by atomic mass is 9.94. The first kappa shape index (κ1) is 15.2. The first-order chi connectivity index (χ1) is 8.65. The zero-order chi connectivity index (χ0) is 13.4. The van der Waals surface area contributed by atoms with Crippen molar-refractivity contribution in [3.8, 4) is 0 Å². The highest BCUT2D eigenvalue weighted by Gasteiger charge is 2.08. The summed E-state index contributed by atoms with van der Waals surface area (Å²) in [4.78, 5) is 0. The van der Waals surface area contributed by atoms with E-state index < -0.39 is 0 Å². The van der Waals surface area contributed by atoms with Gasteiger partial charge in [-0.05, 0) is 43.4 Å². The SMILES string of the molecule is CCCCCCCC(N)Cc1c(C)cccc1C. The Kier molecular flexibility index (Phi) is 7.04. The van der Waals surface area contributed by atoms with E-state index in [1.807, 2.05) is 0 Å². The Morgan fingerprint density at radius 1 is 1.00 bits per heavy atom. The zero-order valence-electron chi connectivity index (χ0n) is 12.3. The first-order valence-corrected chi connectivity index (χ1v) is 7.45. The van der Waals surface area contributed by atoms with Crippen LogP contribution in [0, 0.1) is 13.8 Å². The van der Waals surface area contributed by atoms with E-state index in [1.165, 1.54) is 48.8 Å². The summed E-state index contributed by atoms with van der Waals surface area (Å²) in [5, 5.41) is 0. The highest BCUT2D eigenvalue weighted by atomic mass is 14.6. The van der Waals surface area contributed by atoms with Gasteiger partial charge in [0.05, 0.1) is 0 Å². The lowest BCUT2D eigenvalue weighted by Gasteiger charge is -2.15. The zero-order valence-corrected chi connectivity index (χ0v) is 12.3. The van der Waals surface area contributed by atoms with Gasteiger partial charge in [0.15, 0.2) is 0 Å². The molecule has 1 unspecified atom stereocenters. The summed E-state index contributed by atoms with van der Waals surface area (Å²) in [5.41, 5.74) is 10.5. The molecule has 0 fully saturated rings. The molecule has 1 aromatic rings. The number of hydrogen-bond acceptors (Lipinski definition) is 1. The van der Waals surface area contributed by atoms with Crippen molar-refractivity contribution in [1.82, 2.24) is 0 Å². The van der Waals surface area contributed by atoms with Gasteiger partial charge in [-0.15, -0.1) is 0 Å². The Labute approximate surface area is 113 Å². The predicted molar refractivity (Wildman–Crippen MR) is 81.0 cm³/mol. The number of nitrogens with two attached hydrogens (primary N) is 1. The Hall–Kier alpha value is -0.820. The van der Waals surface area contributed by atoms with E-state index in [1.54, 1.807) is 0 Å². The topological polar surface area (TPSA) is 26.0 Å². The first-order valence-electron chi connectivity index (χ1n) is 7.45. The van der Waals surface area contributed by atoms with Crippen molar-refractivity contribution in [2.75, 3.05) is 0 Å². The van der Waals surface area contributed by atoms with Crippen molar-refractivity contribution >= 4 is 0 Å². The normalized spacial score (nSPS) is 12.7. The summed E-state index contributed by atoms with van der Waals surface area (Å²) in [6, 6.07) is 6.84. The summed E-state index contributed by atoms with van der Waals surface area (Å²) >= 11 is 0. The summed E-state index contributed by atoms with van der Waals surface area (Å²) in [5.74, 6) is 0. The highest BCUT2D eigenvalue weighted by molar-refractivity contribution is 5.34. The number of unbranched alkanes of at least 4 members (excludes halogenated alkanes) is 4. The van der Waals surface area contributed by atoms with E-state index in [-0.39, 0.29) is 0 Å². The van der Waals surface area contributed by atoms with E-state index in [9.17, 15) is 0 Å². The summed E-state index contributed by atoms with van der Waals surface area (Å²) in [6.45, 7) is 6.64. The number of rotatable bonds is 8. The van der Waals surface area contributed by atoms with Gasteiger partial charge in [0.25, 0.3) is 0 Å². The van der Waals surface area contributed by atoms with Crippen LogP contribution in [0.25, 0.3) is 0 Å². The fourth-order valence-corrected chi connectivity index (χ4v) is 2.55. The summed E-state index contributed by atoms with van der Waals surface area (Å²) in [7, 11) is 0. The van der Waals surface area contributed by atoms with Gasteiger partial charge in [-0.1, -0.05) is 57.2 Å². The molecule has 0 saturated carbocycles. The second-order valence-electron chi connectivity index (χ2n) is 5.54. The van der Waals surface area contributed by atoms with Gasteiger partial charge >= 0.3 is 0 Å². The maximum absolute atomic E-state index is 6.26. The molecule has 0 spiro atoms. The lowest BCUT2D eigenvalue weighted by Crippen LogP contribution is -2.23. The molecule has 1 nitrogen and oxygen atoms in total. The van der Waals surface area contributed by atoms with Crippen LogP contribution in [0.1, 0.15) is 62.1 Å². The van der Waals surface area contributed by atoms with Gasteiger partial charge in [-0.25, -0.2) is 0 Å². The Morgan fingerprint density at radius 3 is 2.22 bits per heavy atom. The maximum Gasteiger partial charge on any atom is 0.00795 e. The molecule has 102 valence electrons. The third-order valence-corrected chi connectivity index (χ3v) is 3.79. The molecule has 0 aliphatic carbocycles. The van der Waals surface area contributed by atoms with Crippen LogP contribution in [0.3, 0.4) is 0 Å². The molecule has 2 N–H and O–H groups in total. The second kappa shape index (κ2) is 8.31. The lowest BCUT2D eigenvalue weighted by molar-refractivity contribution is 0.537. The fraction of sp³-hybridized carbons (Fsp3) is 0.647. The molecular weight excluding hydrogens is 218 g/mol. The molecule has 0 radical (unpaired) electrons. The number of hydrogen-bond donors (Lipinski definition) is 1. The van der Waals surface area contributed by atoms with Crippen molar-refractivity contribution in [3.05, 3.63) is 34.9 Å². The Morgan fingerprint density at radius 2 is 1.61 bits per heavy atom.